The van der Waals surface area contributed by atoms with Crippen LogP contribution in [0.5, 0.6) is 11.5 Å². The van der Waals surface area contributed by atoms with Gasteiger partial charge in [0.15, 0.2) is 6.61 Å². The van der Waals surface area contributed by atoms with Gasteiger partial charge in [0.05, 0.1) is 10.7 Å². The lowest BCUT2D eigenvalue weighted by Crippen LogP contribution is -2.43. The molecule has 0 aromatic heterocycles. The van der Waals surface area contributed by atoms with E-state index in [-0.39, 0.29) is 6.61 Å². The van der Waals surface area contributed by atoms with Crippen LogP contribution < -0.4 is 20.3 Å². The van der Waals surface area contributed by atoms with E-state index in [9.17, 15) is 9.59 Å². The van der Waals surface area contributed by atoms with E-state index in [2.05, 4.69) is 49.4 Å². The summed E-state index contributed by atoms with van der Waals surface area (Å²) in [6, 6.07) is 8.81. The largest absolute Gasteiger partial charge is 0.496 e. The molecule has 0 atom stereocenters. The maximum atomic E-state index is 12.1. The Hall–Kier alpha value is -1.81. The second kappa shape index (κ2) is 9.22. The molecule has 0 aliphatic heterocycles. The third-order valence-corrected chi connectivity index (χ3v) is 4.80. The molecule has 26 heavy (non-hydrogen) atoms. The minimum atomic E-state index is -0.455. The first kappa shape index (κ1) is 20.5. The van der Waals surface area contributed by atoms with Gasteiger partial charge in [0, 0.05) is 10.0 Å². The molecule has 0 heterocycles. The van der Waals surface area contributed by atoms with E-state index in [1.807, 2.05) is 26.0 Å². The van der Waals surface area contributed by atoms with Crippen molar-refractivity contribution in [2.24, 2.45) is 0 Å². The number of nitrogens with one attached hydrogen (secondary N) is 2. The zero-order valence-electron chi connectivity index (χ0n) is 14.5. The molecule has 0 bridgehead atoms. The number of carbonyl (C=O) groups excluding carboxylic acids is 2. The van der Waals surface area contributed by atoms with E-state index in [0.717, 1.165) is 19.2 Å². The molecule has 0 unspecified atom stereocenters. The summed E-state index contributed by atoms with van der Waals surface area (Å²) >= 11 is 5.49. The highest BCUT2D eigenvalue weighted by Gasteiger charge is 2.12. The van der Waals surface area contributed by atoms with Crippen molar-refractivity contribution in [3.63, 3.8) is 0 Å². The number of carbonyl (C=O) groups is 2. The standard InChI is InChI=1S/C18H18BrIN2O4/c1-10-6-13(19)7-11(2)17(10)26-9-16(23)21-22-18(24)12-4-5-15(25-3)14(20)8-12/h4-8H,9H2,1-3H3,(H,21,23)(H,22,24). The van der Waals surface area contributed by atoms with Crippen molar-refractivity contribution < 1.29 is 19.1 Å². The number of halogens is 2. The van der Waals surface area contributed by atoms with Gasteiger partial charge in [-0.05, 0) is 77.9 Å². The van der Waals surface area contributed by atoms with Crippen molar-refractivity contribution in [2.45, 2.75) is 13.8 Å². The zero-order chi connectivity index (χ0) is 19.3. The molecule has 0 fully saturated rings. The molecule has 0 saturated carbocycles. The first-order chi connectivity index (χ1) is 12.3. The second-order valence-corrected chi connectivity index (χ2v) is 7.59. The van der Waals surface area contributed by atoms with Crippen molar-refractivity contribution in [1.82, 2.24) is 10.9 Å². The molecule has 0 spiro atoms. The summed E-state index contributed by atoms with van der Waals surface area (Å²) in [5.74, 6) is 0.456. The molecule has 0 radical (unpaired) electrons. The first-order valence-electron chi connectivity index (χ1n) is 7.64. The molecule has 2 amide bonds. The van der Waals surface area contributed by atoms with Crippen LogP contribution in [0.1, 0.15) is 21.5 Å². The second-order valence-electron chi connectivity index (χ2n) is 5.51. The lowest BCUT2D eigenvalue weighted by molar-refractivity contribution is -0.123. The minimum absolute atomic E-state index is 0.205. The van der Waals surface area contributed by atoms with E-state index < -0.39 is 11.8 Å². The predicted molar refractivity (Wildman–Crippen MR) is 110 cm³/mol. The summed E-state index contributed by atoms with van der Waals surface area (Å²) in [5.41, 5.74) is 6.96. The van der Waals surface area contributed by atoms with Crippen molar-refractivity contribution in [1.29, 1.82) is 0 Å². The highest BCUT2D eigenvalue weighted by atomic mass is 127. The molecule has 8 heteroatoms. The third-order valence-electron chi connectivity index (χ3n) is 3.50. The number of aryl methyl sites for hydroxylation is 2. The third kappa shape index (κ3) is 5.34. The monoisotopic (exact) mass is 532 g/mol. The zero-order valence-corrected chi connectivity index (χ0v) is 18.2. The van der Waals surface area contributed by atoms with Gasteiger partial charge in [0.2, 0.25) is 0 Å². The van der Waals surface area contributed by atoms with Gasteiger partial charge >= 0.3 is 0 Å². The fourth-order valence-corrected chi connectivity index (χ4v) is 3.73. The first-order valence-corrected chi connectivity index (χ1v) is 9.51. The maximum Gasteiger partial charge on any atom is 0.276 e. The lowest BCUT2D eigenvalue weighted by Gasteiger charge is -2.13. The number of hydrazine groups is 1. The summed E-state index contributed by atoms with van der Waals surface area (Å²) in [7, 11) is 1.56. The Kier molecular flexibility index (Phi) is 7.27. The van der Waals surface area contributed by atoms with E-state index >= 15 is 0 Å². The number of methoxy groups -OCH3 is 1. The average Bonchev–Trinajstić information content (AvgIpc) is 2.58. The Morgan fingerprint density at radius 3 is 2.35 bits per heavy atom. The van der Waals surface area contributed by atoms with E-state index in [0.29, 0.717) is 17.1 Å². The van der Waals surface area contributed by atoms with Gasteiger partial charge < -0.3 is 9.47 Å². The average molecular weight is 533 g/mol. The highest BCUT2D eigenvalue weighted by Crippen LogP contribution is 2.27. The molecule has 2 aromatic carbocycles. The molecule has 0 saturated heterocycles. The summed E-state index contributed by atoms with van der Waals surface area (Å²) in [4.78, 5) is 24.0. The lowest BCUT2D eigenvalue weighted by atomic mass is 10.1. The number of benzene rings is 2. The molecule has 2 rings (SSSR count). The molecule has 0 aliphatic carbocycles. The van der Waals surface area contributed by atoms with Gasteiger partial charge in [0.1, 0.15) is 11.5 Å². The Labute approximate surface area is 173 Å². The molecule has 6 nitrogen and oxygen atoms in total. The van der Waals surface area contributed by atoms with Crippen LogP contribution in [0.2, 0.25) is 0 Å². The van der Waals surface area contributed by atoms with E-state index in [1.165, 1.54) is 0 Å². The normalized spacial score (nSPS) is 10.2. The Balaban J connectivity index is 1.89. The molecular weight excluding hydrogens is 515 g/mol. The molecule has 0 aliphatic rings. The number of amides is 2. The minimum Gasteiger partial charge on any atom is -0.496 e. The van der Waals surface area contributed by atoms with Crippen LogP contribution in [0.4, 0.5) is 0 Å². The van der Waals surface area contributed by atoms with Gasteiger partial charge in [0.25, 0.3) is 11.8 Å². The summed E-state index contributed by atoms with van der Waals surface area (Å²) < 4.78 is 12.5. The quantitative estimate of drug-likeness (QED) is 0.456. The van der Waals surface area contributed by atoms with Crippen LogP contribution in [0.15, 0.2) is 34.8 Å². The number of hydrogen-bond acceptors (Lipinski definition) is 4. The molecule has 2 aromatic rings. The van der Waals surface area contributed by atoms with Gasteiger partial charge in [-0.2, -0.15) is 0 Å². The number of hydrogen-bond donors (Lipinski definition) is 2. The molecule has 138 valence electrons. The van der Waals surface area contributed by atoms with Crippen LogP contribution in [-0.4, -0.2) is 25.5 Å². The number of ether oxygens (including phenoxy) is 2. The fraction of sp³-hybridized carbons (Fsp3) is 0.222. The SMILES string of the molecule is COc1ccc(C(=O)NNC(=O)COc2c(C)cc(Br)cc2C)cc1I. The van der Waals surface area contributed by atoms with Crippen LogP contribution in [0.3, 0.4) is 0 Å². The van der Waals surface area contributed by atoms with Crippen LogP contribution in [-0.2, 0) is 4.79 Å². The smallest absolute Gasteiger partial charge is 0.276 e. The van der Waals surface area contributed by atoms with Crippen molar-refractivity contribution in [3.05, 3.63) is 55.1 Å². The van der Waals surface area contributed by atoms with E-state index in [1.54, 1.807) is 25.3 Å². The summed E-state index contributed by atoms with van der Waals surface area (Å²) in [6.07, 6.45) is 0. The van der Waals surface area contributed by atoms with Crippen LogP contribution >= 0.6 is 38.5 Å². The summed E-state index contributed by atoms with van der Waals surface area (Å²) in [6.45, 7) is 3.60. The summed E-state index contributed by atoms with van der Waals surface area (Å²) in [5, 5.41) is 0. The van der Waals surface area contributed by atoms with E-state index in [4.69, 9.17) is 9.47 Å². The van der Waals surface area contributed by atoms with Crippen molar-refractivity contribution in [3.8, 4) is 11.5 Å². The Morgan fingerprint density at radius 1 is 1.12 bits per heavy atom. The van der Waals surface area contributed by atoms with Gasteiger partial charge in [-0.3, -0.25) is 20.4 Å². The van der Waals surface area contributed by atoms with Gasteiger partial charge in [-0.15, -0.1) is 0 Å². The molecular formula is C18H18BrIN2O4. The Bertz CT molecular complexity index is 819. The fourth-order valence-electron chi connectivity index (χ4n) is 2.31. The maximum absolute atomic E-state index is 12.1. The van der Waals surface area contributed by atoms with Gasteiger partial charge in [-0.25, -0.2) is 0 Å². The molecule has 2 N–H and O–H groups in total. The Morgan fingerprint density at radius 2 is 1.77 bits per heavy atom. The topological polar surface area (TPSA) is 76.7 Å². The van der Waals surface area contributed by atoms with Crippen LogP contribution in [0, 0.1) is 17.4 Å². The van der Waals surface area contributed by atoms with Crippen LogP contribution in [0.25, 0.3) is 0 Å². The van der Waals surface area contributed by atoms with Gasteiger partial charge in [-0.1, -0.05) is 15.9 Å². The van der Waals surface area contributed by atoms with Crippen molar-refractivity contribution in [2.75, 3.05) is 13.7 Å². The van der Waals surface area contributed by atoms with Crippen molar-refractivity contribution >= 4 is 50.3 Å². The number of rotatable bonds is 5. The predicted octanol–water partition coefficient (Wildman–Crippen LogP) is 3.52. The highest BCUT2D eigenvalue weighted by molar-refractivity contribution is 14.1.